The van der Waals surface area contributed by atoms with E-state index >= 15 is 0 Å². The SMILES string of the molecule is C=CCC.CC.CN1CC(=O)N2Cc3cc4c(cc3CC2C1=O)OCCO4.Cc1cc[nH]c1. The van der Waals surface area contributed by atoms with Gasteiger partial charge in [-0.15, -0.1) is 6.58 Å². The summed E-state index contributed by atoms with van der Waals surface area (Å²) in [4.78, 5) is 30.6. The summed E-state index contributed by atoms with van der Waals surface area (Å²) in [6, 6.07) is 5.54. The largest absolute Gasteiger partial charge is 0.486 e. The second kappa shape index (κ2) is 12.7. The van der Waals surface area contributed by atoms with E-state index in [9.17, 15) is 9.59 Å². The van der Waals surface area contributed by atoms with Crippen molar-refractivity contribution in [2.24, 2.45) is 0 Å². The molecule has 0 bridgehead atoms. The topological polar surface area (TPSA) is 74.9 Å². The molecular formula is C26H37N3O4. The number of benzene rings is 1. The Bertz CT molecular complexity index is 924. The van der Waals surface area contributed by atoms with Gasteiger partial charge in [-0.2, -0.15) is 0 Å². The van der Waals surface area contributed by atoms with Gasteiger partial charge in [-0.25, -0.2) is 0 Å². The lowest BCUT2D eigenvalue weighted by molar-refractivity contribution is -0.155. The van der Waals surface area contributed by atoms with E-state index in [4.69, 9.17) is 9.47 Å². The van der Waals surface area contributed by atoms with Crippen LogP contribution in [-0.2, 0) is 22.6 Å². The Labute approximate surface area is 197 Å². The molecule has 5 rings (SSSR count). The number of nitrogens with zero attached hydrogens (tertiary/aromatic N) is 2. The molecule has 33 heavy (non-hydrogen) atoms. The number of piperazine rings is 1. The molecule has 1 atom stereocenters. The molecule has 3 aliphatic rings. The van der Waals surface area contributed by atoms with Gasteiger partial charge in [-0.05, 0) is 48.2 Å². The highest BCUT2D eigenvalue weighted by molar-refractivity contribution is 5.95. The van der Waals surface area contributed by atoms with Crippen molar-refractivity contribution in [3.63, 3.8) is 0 Å². The van der Waals surface area contributed by atoms with Crippen LogP contribution in [0.1, 0.15) is 43.9 Å². The van der Waals surface area contributed by atoms with Crippen LogP contribution in [0.4, 0.5) is 0 Å². The number of hydrogen-bond donors (Lipinski definition) is 1. The second-order valence-electron chi connectivity index (χ2n) is 7.79. The number of aromatic nitrogens is 1. The van der Waals surface area contributed by atoms with Crippen molar-refractivity contribution in [2.75, 3.05) is 26.8 Å². The summed E-state index contributed by atoms with van der Waals surface area (Å²) >= 11 is 0. The number of likely N-dealkylation sites (N-methyl/N-ethyl adjacent to an activating group) is 1. The lowest BCUT2D eigenvalue weighted by Gasteiger charge is -2.42. The molecule has 1 N–H and O–H groups in total. The first-order chi connectivity index (χ1) is 15.9. The molecule has 0 aliphatic carbocycles. The smallest absolute Gasteiger partial charge is 0.245 e. The summed E-state index contributed by atoms with van der Waals surface area (Å²) < 4.78 is 11.2. The van der Waals surface area contributed by atoms with E-state index in [-0.39, 0.29) is 24.4 Å². The Hall–Kier alpha value is -3.22. The van der Waals surface area contributed by atoms with Crippen molar-refractivity contribution in [1.82, 2.24) is 14.8 Å². The molecule has 2 aromatic rings. The first kappa shape index (κ1) is 26.0. The highest BCUT2D eigenvalue weighted by atomic mass is 16.6. The van der Waals surface area contributed by atoms with Gasteiger partial charge in [0.2, 0.25) is 11.8 Å². The van der Waals surface area contributed by atoms with E-state index in [0.717, 1.165) is 29.0 Å². The first-order valence-electron chi connectivity index (χ1n) is 11.6. The van der Waals surface area contributed by atoms with Crippen molar-refractivity contribution in [3.8, 4) is 11.5 Å². The lowest BCUT2D eigenvalue weighted by Crippen LogP contribution is -2.60. The molecule has 0 spiro atoms. The summed E-state index contributed by atoms with van der Waals surface area (Å²) in [5.41, 5.74) is 3.40. The summed E-state index contributed by atoms with van der Waals surface area (Å²) in [6.07, 6.45) is 7.37. The average molecular weight is 456 g/mol. The van der Waals surface area contributed by atoms with E-state index < -0.39 is 0 Å². The molecule has 4 heterocycles. The monoisotopic (exact) mass is 455 g/mol. The van der Waals surface area contributed by atoms with Crippen LogP contribution >= 0.6 is 0 Å². The molecule has 3 aliphatic heterocycles. The van der Waals surface area contributed by atoms with Gasteiger partial charge in [-0.3, -0.25) is 9.59 Å². The maximum absolute atomic E-state index is 12.3. The van der Waals surface area contributed by atoms with E-state index in [0.29, 0.717) is 26.2 Å². The summed E-state index contributed by atoms with van der Waals surface area (Å²) in [5.74, 6) is 1.47. The van der Waals surface area contributed by atoms with Crippen LogP contribution in [0.25, 0.3) is 0 Å². The van der Waals surface area contributed by atoms with Crippen LogP contribution in [0.3, 0.4) is 0 Å². The van der Waals surface area contributed by atoms with Gasteiger partial charge in [-0.1, -0.05) is 26.8 Å². The predicted molar refractivity (Wildman–Crippen MR) is 130 cm³/mol. The fraction of sp³-hybridized carbons (Fsp3) is 0.462. The number of carbonyl (C=O) groups is 2. The highest BCUT2D eigenvalue weighted by Crippen LogP contribution is 2.37. The molecule has 0 saturated carbocycles. The second-order valence-corrected chi connectivity index (χ2v) is 7.79. The Morgan fingerprint density at radius 3 is 2.21 bits per heavy atom. The molecule has 7 nitrogen and oxygen atoms in total. The van der Waals surface area contributed by atoms with E-state index in [1.807, 2.05) is 50.5 Å². The molecule has 0 radical (unpaired) electrons. The number of carbonyl (C=O) groups excluding carboxylic acids is 2. The first-order valence-corrected chi connectivity index (χ1v) is 11.6. The lowest BCUT2D eigenvalue weighted by atomic mass is 9.91. The summed E-state index contributed by atoms with van der Waals surface area (Å²) in [6.45, 7) is 13.3. The molecular weight excluding hydrogens is 418 g/mol. The zero-order chi connectivity index (χ0) is 24.4. The van der Waals surface area contributed by atoms with Crippen LogP contribution in [0.5, 0.6) is 11.5 Å². The van der Waals surface area contributed by atoms with Gasteiger partial charge in [0.25, 0.3) is 0 Å². The van der Waals surface area contributed by atoms with E-state index in [2.05, 4.69) is 25.4 Å². The van der Waals surface area contributed by atoms with Crippen LogP contribution in [-0.4, -0.2) is 59.4 Å². The van der Waals surface area contributed by atoms with Crippen molar-refractivity contribution in [2.45, 2.75) is 53.1 Å². The molecule has 7 heteroatoms. The zero-order valence-corrected chi connectivity index (χ0v) is 20.5. The maximum atomic E-state index is 12.3. The molecule has 1 unspecified atom stereocenters. The summed E-state index contributed by atoms with van der Waals surface area (Å²) in [7, 11) is 1.68. The number of ether oxygens (including phenoxy) is 2. The number of amides is 2. The maximum Gasteiger partial charge on any atom is 0.245 e. The minimum absolute atomic E-state index is 0.00244. The number of hydrogen-bond acceptors (Lipinski definition) is 4. The van der Waals surface area contributed by atoms with Crippen LogP contribution < -0.4 is 9.47 Å². The Balaban J connectivity index is 0.000000267. The number of rotatable bonds is 1. The van der Waals surface area contributed by atoms with Crippen molar-refractivity contribution in [1.29, 1.82) is 0 Å². The third-order valence-electron chi connectivity index (χ3n) is 5.39. The molecule has 1 aromatic heterocycles. The minimum atomic E-state index is -0.383. The number of H-pyrrole nitrogens is 1. The van der Waals surface area contributed by atoms with Gasteiger partial charge < -0.3 is 24.3 Å². The third kappa shape index (κ3) is 6.63. The third-order valence-corrected chi connectivity index (χ3v) is 5.39. The fourth-order valence-electron chi connectivity index (χ4n) is 3.64. The Morgan fingerprint density at radius 2 is 1.73 bits per heavy atom. The molecule has 180 valence electrons. The minimum Gasteiger partial charge on any atom is -0.486 e. The molecule has 1 aromatic carbocycles. The Kier molecular flexibility index (Phi) is 10.0. The van der Waals surface area contributed by atoms with Gasteiger partial charge in [0.15, 0.2) is 11.5 Å². The molecule has 2 amide bonds. The zero-order valence-electron chi connectivity index (χ0n) is 20.5. The number of nitrogens with one attached hydrogen (secondary N) is 1. The van der Waals surface area contributed by atoms with E-state index in [1.54, 1.807) is 11.9 Å². The molecule has 1 saturated heterocycles. The fourth-order valence-corrected chi connectivity index (χ4v) is 3.64. The van der Waals surface area contributed by atoms with Crippen LogP contribution in [0, 0.1) is 6.92 Å². The number of fused-ring (bicyclic) bond motifs is 3. The van der Waals surface area contributed by atoms with Crippen LogP contribution in [0.15, 0.2) is 43.2 Å². The average Bonchev–Trinajstić information content (AvgIpc) is 3.33. The van der Waals surface area contributed by atoms with Crippen molar-refractivity contribution in [3.05, 3.63) is 59.9 Å². The molecule has 1 fully saturated rings. The highest BCUT2D eigenvalue weighted by Gasteiger charge is 2.41. The number of allylic oxidation sites excluding steroid dienone is 1. The quantitative estimate of drug-likeness (QED) is 0.657. The van der Waals surface area contributed by atoms with Crippen LogP contribution in [0.2, 0.25) is 0 Å². The van der Waals surface area contributed by atoms with Gasteiger partial charge >= 0.3 is 0 Å². The van der Waals surface area contributed by atoms with Gasteiger partial charge in [0, 0.05) is 32.4 Å². The van der Waals surface area contributed by atoms with Crippen molar-refractivity contribution >= 4 is 11.8 Å². The van der Waals surface area contributed by atoms with E-state index in [1.165, 1.54) is 10.5 Å². The number of aromatic amines is 1. The standard InChI is InChI=1S/C15H16N2O4.C5H7N.C4H8.C2H6/c1-16-8-14(18)17-7-10-6-13-12(20-2-3-21-13)5-9(10)4-11(17)15(16)19;1-5-2-3-6-4-5;1-3-4-2;1-2/h5-6,11H,2-4,7-8H2,1H3;2-4,6H,1H3;3H,1,4H2,2H3;1-2H3. The predicted octanol–water partition coefficient (Wildman–Crippen LogP) is 4.11. The summed E-state index contributed by atoms with van der Waals surface area (Å²) in [5, 5.41) is 0. The Morgan fingerprint density at radius 1 is 1.12 bits per heavy atom. The van der Waals surface area contributed by atoms with Gasteiger partial charge in [0.05, 0.1) is 6.54 Å². The number of aryl methyl sites for hydroxylation is 1. The normalized spacial score (nSPS) is 17.7. The van der Waals surface area contributed by atoms with Crippen molar-refractivity contribution < 1.29 is 19.1 Å². The van der Waals surface area contributed by atoms with Gasteiger partial charge in [0.1, 0.15) is 19.3 Å².